The van der Waals surface area contributed by atoms with Crippen LogP contribution in [0.1, 0.15) is 102 Å². The third-order valence-corrected chi connectivity index (χ3v) is 11.8. The highest BCUT2D eigenvalue weighted by Crippen LogP contribution is 2.53. The van der Waals surface area contributed by atoms with Gasteiger partial charge in [-0.3, -0.25) is 4.79 Å². The van der Waals surface area contributed by atoms with Gasteiger partial charge in [0.2, 0.25) is 0 Å². The Balaban J connectivity index is 1.89. The molecule has 0 aliphatic carbocycles. The molecule has 47 heavy (non-hydrogen) atoms. The van der Waals surface area contributed by atoms with Gasteiger partial charge >= 0.3 is 5.97 Å². The van der Waals surface area contributed by atoms with Gasteiger partial charge < -0.3 is 18.8 Å². The van der Waals surface area contributed by atoms with Gasteiger partial charge in [-0.2, -0.15) is 0 Å². The number of hydrogen-bond acceptors (Lipinski definition) is 6. The third-order valence-electron chi connectivity index (χ3n) is 8.92. The smallest absolute Gasteiger partial charge is 0.311 e. The lowest BCUT2D eigenvalue weighted by Gasteiger charge is -2.42. The number of hydrogen-bond donors (Lipinski definition) is 0. The lowest BCUT2D eigenvalue weighted by atomic mass is 9.78. The molecule has 0 spiro atoms. The number of carbonyl (C=O) groups excluding carboxylic acids is 1. The van der Waals surface area contributed by atoms with Crippen LogP contribution < -0.4 is 14.2 Å². The fourth-order valence-electron chi connectivity index (χ4n) is 6.71. The van der Waals surface area contributed by atoms with E-state index < -0.39 is 15.4 Å². The van der Waals surface area contributed by atoms with Gasteiger partial charge in [-0.15, -0.1) is 4.36 Å². The van der Waals surface area contributed by atoms with E-state index >= 15 is 4.55 Å². The molecular weight excluding hydrogens is 607 g/mol. The minimum atomic E-state index is -3.09. The van der Waals surface area contributed by atoms with Crippen molar-refractivity contribution in [1.29, 1.82) is 0 Å². The maximum Gasteiger partial charge on any atom is 0.311 e. The quantitative estimate of drug-likeness (QED) is 0.104. The molecule has 0 radical (unpaired) electrons. The fourth-order valence-corrected chi connectivity index (χ4v) is 9.66. The Kier molecular flexibility index (Phi) is 10.5. The van der Waals surface area contributed by atoms with E-state index in [1.807, 2.05) is 64.1 Å². The summed E-state index contributed by atoms with van der Waals surface area (Å²) in [5, 5.41) is -0.528. The van der Waals surface area contributed by atoms with Crippen molar-refractivity contribution in [3.05, 3.63) is 88.0 Å². The average Bonchev–Trinajstić information content (AvgIpc) is 2.97. The Hall–Kier alpha value is -3.42. The van der Waals surface area contributed by atoms with Crippen molar-refractivity contribution < 1.29 is 23.6 Å². The monoisotopic (exact) mass is 659 g/mol. The largest absolute Gasteiger partial charge is 0.626 e. The van der Waals surface area contributed by atoms with Gasteiger partial charge in [-0.1, -0.05) is 96.0 Å². The summed E-state index contributed by atoms with van der Waals surface area (Å²) in [5.41, 5.74) is 6.04. The lowest BCUT2D eigenvalue weighted by Crippen LogP contribution is -2.41. The molecule has 0 fully saturated rings. The highest BCUT2D eigenvalue weighted by molar-refractivity contribution is 8.00. The van der Waals surface area contributed by atoms with Crippen molar-refractivity contribution in [3.8, 4) is 17.2 Å². The average molecular weight is 660 g/mol. The molecule has 0 aromatic heterocycles. The number of ether oxygens (including phenoxy) is 3. The maximum atomic E-state index is 15.6. The van der Waals surface area contributed by atoms with Gasteiger partial charge in [-0.05, 0) is 72.4 Å². The molecule has 0 saturated carbocycles. The van der Waals surface area contributed by atoms with Gasteiger partial charge in [-0.25, -0.2) is 0 Å². The molecule has 0 saturated heterocycles. The van der Waals surface area contributed by atoms with Gasteiger partial charge in [0.15, 0.2) is 11.5 Å². The van der Waals surface area contributed by atoms with E-state index in [4.69, 9.17) is 18.6 Å². The Morgan fingerprint density at radius 3 is 2.00 bits per heavy atom. The van der Waals surface area contributed by atoms with E-state index in [9.17, 15) is 4.79 Å². The molecule has 1 aliphatic heterocycles. The molecule has 0 N–H and O–H groups in total. The summed E-state index contributed by atoms with van der Waals surface area (Å²) >= 11 is 0. The van der Waals surface area contributed by atoms with E-state index in [-0.39, 0.29) is 35.1 Å². The molecule has 1 unspecified atom stereocenters. The molecule has 1 aliphatic rings. The summed E-state index contributed by atoms with van der Waals surface area (Å²) in [6.45, 7) is 22.9. The first-order valence-corrected chi connectivity index (χ1v) is 18.0. The second kappa shape index (κ2) is 13.6. The Labute approximate surface area is 283 Å². The summed E-state index contributed by atoms with van der Waals surface area (Å²) in [6, 6.07) is 15.6. The molecule has 254 valence electrons. The summed E-state index contributed by atoms with van der Waals surface area (Å²) < 4.78 is 38.5. The SMILES string of the molecule is COc1cc2c(c(C)c1OC)N=[S+]([O-])(c1ccccc1)[C@H]([C@H](C)CC(=O)Oc1c(C(C)(C)C)cc(C)cc1C(C)(C)C)[C@H]2C=C(C)C. The van der Waals surface area contributed by atoms with Crippen LogP contribution in [0.3, 0.4) is 0 Å². The number of nitrogens with zero attached hydrogens (tertiary/aromatic N) is 1. The zero-order valence-corrected chi connectivity index (χ0v) is 31.3. The van der Waals surface area contributed by atoms with E-state index in [2.05, 4.69) is 66.7 Å². The molecule has 4 atom stereocenters. The van der Waals surface area contributed by atoms with Crippen molar-refractivity contribution in [2.45, 2.75) is 109 Å². The van der Waals surface area contributed by atoms with Crippen molar-refractivity contribution >= 4 is 21.8 Å². The normalized spacial score (nSPS) is 20.0. The predicted molar refractivity (Wildman–Crippen MR) is 193 cm³/mol. The number of benzene rings is 3. The van der Waals surface area contributed by atoms with Gasteiger partial charge in [0.25, 0.3) is 0 Å². The molecule has 3 aromatic rings. The molecule has 1 heterocycles. The molecular formula is C40H53NO5S. The summed E-state index contributed by atoms with van der Waals surface area (Å²) in [4.78, 5) is 14.7. The van der Waals surface area contributed by atoms with E-state index in [1.165, 1.54) is 0 Å². The maximum absolute atomic E-state index is 15.6. The number of carbonyl (C=O) groups is 1. The Bertz CT molecular complexity index is 1690. The second-order valence-corrected chi connectivity index (χ2v) is 17.6. The van der Waals surface area contributed by atoms with Gasteiger partial charge in [0.1, 0.15) is 21.6 Å². The highest BCUT2D eigenvalue weighted by Gasteiger charge is 2.47. The Morgan fingerprint density at radius 1 is 0.936 bits per heavy atom. The van der Waals surface area contributed by atoms with Gasteiger partial charge in [0, 0.05) is 22.6 Å². The van der Waals surface area contributed by atoms with Crippen LogP contribution in [0.4, 0.5) is 5.69 Å². The number of aryl methyl sites for hydroxylation is 1. The number of rotatable bonds is 8. The van der Waals surface area contributed by atoms with Gasteiger partial charge in [0.05, 0.1) is 26.6 Å². The van der Waals surface area contributed by atoms with Crippen LogP contribution in [0.5, 0.6) is 17.2 Å². The molecule has 0 bridgehead atoms. The second-order valence-electron chi connectivity index (χ2n) is 15.2. The third kappa shape index (κ3) is 7.36. The zero-order chi connectivity index (χ0) is 35.1. The first-order chi connectivity index (χ1) is 21.8. The van der Waals surface area contributed by atoms with Crippen molar-refractivity contribution in [3.63, 3.8) is 0 Å². The zero-order valence-electron chi connectivity index (χ0n) is 30.5. The van der Waals surface area contributed by atoms with E-state index in [0.29, 0.717) is 27.8 Å². The number of methoxy groups -OCH3 is 2. The minimum absolute atomic E-state index is 0.0692. The Morgan fingerprint density at radius 2 is 1.51 bits per heavy atom. The van der Waals surface area contributed by atoms with Crippen molar-refractivity contribution in [2.75, 3.05) is 14.2 Å². The van der Waals surface area contributed by atoms with Crippen LogP contribution >= 0.6 is 0 Å². The first-order valence-electron chi connectivity index (χ1n) is 16.4. The van der Waals surface area contributed by atoms with E-state index in [0.717, 1.165) is 33.4 Å². The molecule has 3 aromatic carbocycles. The topological polar surface area (TPSA) is 80.2 Å². The standard InChI is InChI=1S/C40H53NO5S/c1-24(2)19-30-29-23-33(44-12)36(45-13)27(5)35(29)41-47(43,28-17-15-14-16-18-28)38(30)26(4)22-34(42)46-37-31(39(6,7)8)20-25(3)21-32(37)40(9,10)11/h14-21,23,26,30,38H,22H2,1-13H3/t26-,30+,38-,47?/m1/s1. The predicted octanol–water partition coefficient (Wildman–Crippen LogP) is 10.1. The van der Waals surface area contributed by atoms with Crippen LogP contribution in [-0.4, -0.2) is 30.0 Å². The molecule has 6 nitrogen and oxygen atoms in total. The molecule has 4 rings (SSSR count). The van der Waals surface area contributed by atoms with Crippen LogP contribution in [0.15, 0.2) is 69.4 Å². The van der Waals surface area contributed by atoms with Crippen LogP contribution in [0, 0.1) is 19.8 Å². The van der Waals surface area contributed by atoms with Crippen molar-refractivity contribution in [2.24, 2.45) is 10.3 Å². The number of fused-ring (bicyclic) bond motifs is 1. The van der Waals surface area contributed by atoms with Crippen LogP contribution in [0.25, 0.3) is 0 Å². The highest BCUT2D eigenvalue weighted by atomic mass is 32.3. The fraction of sp³-hybridized carbons (Fsp3) is 0.475. The number of esters is 1. The summed E-state index contributed by atoms with van der Waals surface area (Å²) in [6.07, 6.45) is 2.23. The molecule has 7 heteroatoms. The van der Waals surface area contributed by atoms with Crippen molar-refractivity contribution in [1.82, 2.24) is 0 Å². The summed E-state index contributed by atoms with van der Waals surface area (Å²) in [7, 11) is 0.122. The summed E-state index contributed by atoms with van der Waals surface area (Å²) in [5.74, 6) is 0.770. The minimum Gasteiger partial charge on any atom is -0.626 e. The number of allylic oxidation sites excluding steroid dienone is 2. The lowest BCUT2D eigenvalue weighted by molar-refractivity contribution is -0.135. The first kappa shape index (κ1) is 36.4. The molecule has 0 amide bonds. The van der Waals surface area contributed by atoms with Crippen LogP contribution in [0.2, 0.25) is 0 Å². The van der Waals surface area contributed by atoms with Crippen LogP contribution in [-0.2, 0) is 25.7 Å². The van der Waals surface area contributed by atoms with E-state index in [1.54, 1.807) is 14.2 Å².